The third-order valence-electron chi connectivity index (χ3n) is 2.01. The van der Waals surface area contributed by atoms with Crippen LogP contribution in [0.5, 0.6) is 0 Å². The van der Waals surface area contributed by atoms with Gasteiger partial charge in [0.1, 0.15) is 5.69 Å². The predicted molar refractivity (Wildman–Crippen MR) is 41.2 cm³/mol. The van der Waals surface area contributed by atoms with Crippen molar-refractivity contribution in [2.75, 3.05) is 0 Å². The van der Waals surface area contributed by atoms with Crippen LogP contribution in [0, 0.1) is 0 Å². The zero-order valence-electron chi connectivity index (χ0n) is 7.71. The average molecular weight is 209 g/mol. The van der Waals surface area contributed by atoms with Crippen molar-refractivity contribution in [3.8, 4) is 0 Å². The number of alkyl halides is 3. The number of aryl methyl sites for hydroxylation is 1. The van der Waals surface area contributed by atoms with E-state index >= 15 is 0 Å². The molecule has 1 aromatic heterocycles. The Labute approximate surface area is 78.3 Å². The smallest absolute Gasteiger partial charge is 0.375 e. The topological polar surface area (TPSA) is 50.9 Å². The summed E-state index contributed by atoms with van der Waals surface area (Å²) in [6.07, 6.45) is -4.18. The molecule has 4 nitrogen and oxygen atoms in total. The number of aliphatic hydroxyl groups is 1. The van der Waals surface area contributed by atoms with Gasteiger partial charge < -0.3 is 5.11 Å². The number of aromatic nitrogens is 3. The van der Waals surface area contributed by atoms with E-state index in [9.17, 15) is 18.3 Å². The summed E-state index contributed by atoms with van der Waals surface area (Å²) in [5.74, 6) is 0. The lowest BCUT2D eigenvalue weighted by molar-refractivity contribution is -0.269. The lowest BCUT2D eigenvalue weighted by atomic mass is 9.96. The molecule has 1 rings (SSSR count). The van der Waals surface area contributed by atoms with Crippen LogP contribution in [0.25, 0.3) is 0 Å². The first kappa shape index (κ1) is 11.0. The molecular formula is C7H10F3N3O. The fourth-order valence-corrected chi connectivity index (χ4v) is 1.06. The SMILES string of the molecule is CC[C@](O)(c1cn(C)nn1)C(F)(F)F. The van der Waals surface area contributed by atoms with Gasteiger partial charge in [-0.25, -0.2) is 0 Å². The van der Waals surface area contributed by atoms with E-state index in [1.807, 2.05) is 0 Å². The Kier molecular flexibility index (Phi) is 2.53. The molecule has 1 heterocycles. The van der Waals surface area contributed by atoms with E-state index in [0.29, 0.717) is 0 Å². The molecule has 0 unspecified atom stereocenters. The lowest BCUT2D eigenvalue weighted by Gasteiger charge is -2.26. The third-order valence-corrected chi connectivity index (χ3v) is 2.01. The molecule has 80 valence electrons. The second kappa shape index (κ2) is 3.23. The Bertz CT molecular complexity index is 322. The number of rotatable bonds is 2. The van der Waals surface area contributed by atoms with Crippen molar-refractivity contribution < 1.29 is 18.3 Å². The van der Waals surface area contributed by atoms with Crippen molar-refractivity contribution >= 4 is 0 Å². The van der Waals surface area contributed by atoms with E-state index in [1.54, 1.807) is 0 Å². The first-order chi connectivity index (χ1) is 6.31. The minimum Gasteiger partial charge on any atom is -0.375 e. The predicted octanol–water partition coefficient (Wildman–Crippen LogP) is 0.975. The van der Waals surface area contributed by atoms with E-state index in [4.69, 9.17) is 0 Å². The zero-order valence-corrected chi connectivity index (χ0v) is 7.71. The summed E-state index contributed by atoms with van der Waals surface area (Å²) in [5, 5.41) is 16.0. The van der Waals surface area contributed by atoms with Gasteiger partial charge in [-0.1, -0.05) is 12.1 Å². The van der Waals surface area contributed by atoms with Crippen molar-refractivity contribution in [3.63, 3.8) is 0 Å². The van der Waals surface area contributed by atoms with Crippen molar-refractivity contribution in [3.05, 3.63) is 11.9 Å². The number of halogens is 3. The Hall–Kier alpha value is -1.11. The van der Waals surface area contributed by atoms with Crippen LogP contribution in [0.2, 0.25) is 0 Å². The molecule has 1 aromatic rings. The Morgan fingerprint density at radius 1 is 1.50 bits per heavy atom. The molecule has 0 spiro atoms. The van der Waals surface area contributed by atoms with Gasteiger partial charge in [0.2, 0.25) is 5.60 Å². The largest absolute Gasteiger partial charge is 0.423 e. The number of nitrogens with zero attached hydrogens (tertiary/aromatic N) is 3. The van der Waals surface area contributed by atoms with Crippen LogP contribution in [0.15, 0.2) is 6.20 Å². The highest BCUT2D eigenvalue weighted by Crippen LogP contribution is 2.40. The fourth-order valence-electron chi connectivity index (χ4n) is 1.06. The first-order valence-corrected chi connectivity index (χ1v) is 3.97. The highest BCUT2D eigenvalue weighted by molar-refractivity contribution is 5.09. The molecule has 0 amide bonds. The summed E-state index contributed by atoms with van der Waals surface area (Å²) in [5.41, 5.74) is -3.38. The Morgan fingerprint density at radius 3 is 2.36 bits per heavy atom. The van der Waals surface area contributed by atoms with Crippen LogP contribution < -0.4 is 0 Å². The van der Waals surface area contributed by atoms with Gasteiger partial charge in [0.25, 0.3) is 0 Å². The summed E-state index contributed by atoms with van der Waals surface area (Å²) < 4.78 is 38.5. The summed E-state index contributed by atoms with van der Waals surface area (Å²) in [6.45, 7) is 1.24. The molecule has 0 aliphatic heterocycles. The van der Waals surface area contributed by atoms with Gasteiger partial charge in [-0.3, -0.25) is 4.68 Å². The van der Waals surface area contributed by atoms with Crippen LogP contribution in [0.4, 0.5) is 13.2 Å². The van der Waals surface area contributed by atoms with Crippen LogP contribution >= 0.6 is 0 Å². The number of hydrogen-bond donors (Lipinski definition) is 1. The van der Waals surface area contributed by atoms with E-state index < -0.39 is 23.9 Å². The number of hydrogen-bond acceptors (Lipinski definition) is 3. The van der Waals surface area contributed by atoms with Gasteiger partial charge >= 0.3 is 6.18 Å². The van der Waals surface area contributed by atoms with Crippen LogP contribution in [-0.2, 0) is 12.6 Å². The molecule has 0 saturated heterocycles. The average Bonchev–Trinajstić information content (AvgIpc) is 2.48. The first-order valence-electron chi connectivity index (χ1n) is 3.97. The molecule has 14 heavy (non-hydrogen) atoms. The lowest BCUT2D eigenvalue weighted by Crippen LogP contribution is -2.42. The molecule has 0 aliphatic carbocycles. The maximum Gasteiger partial charge on any atom is 0.423 e. The second-order valence-corrected chi connectivity index (χ2v) is 2.99. The summed E-state index contributed by atoms with van der Waals surface area (Å²) >= 11 is 0. The van der Waals surface area contributed by atoms with Gasteiger partial charge in [-0.15, -0.1) is 5.10 Å². The van der Waals surface area contributed by atoms with Crippen molar-refractivity contribution in [2.24, 2.45) is 7.05 Å². The van der Waals surface area contributed by atoms with E-state index in [0.717, 1.165) is 10.9 Å². The molecular weight excluding hydrogens is 199 g/mol. The Morgan fingerprint density at radius 2 is 2.07 bits per heavy atom. The van der Waals surface area contributed by atoms with Gasteiger partial charge in [-0.05, 0) is 6.42 Å². The highest BCUT2D eigenvalue weighted by Gasteiger charge is 2.55. The monoisotopic (exact) mass is 209 g/mol. The van der Waals surface area contributed by atoms with Crippen molar-refractivity contribution in [1.29, 1.82) is 0 Å². The van der Waals surface area contributed by atoms with E-state index in [-0.39, 0.29) is 0 Å². The molecule has 1 atom stereocenters. The molecule has 0 bridgehead atoms. The van der Waals surface area contributed by atoms with Crippen LogP contribution in [0.3, 0.4) is 0 Å². The van der Waals surface area contributed by atoms with Crippen LogP contribution in [0.1, 0.15) is 19.0 Å². The molecule has 7 heteroatoms. The molecule has 0 aromatic carbocycles. The minimum absolute atomic E-state index is 0.477. The molecule has 0 aliphatic rings. The molecule has 1 N–H and O–H groups in total. The van der Waals surface area contributed by atoms with Crippen molar-refractivity contribution in [2.45, 2.75) is 25.1 Å². The summed E-state index contributed by atoms with van der Waals surface area (Å²) in [7, 11) is 1.43. The van der Waals surface area contributed by atoms with Gasteiger partial charge in [0.15, 0.2) is 0 Å². The third kappa shape index (κ3) is 1.59. The minimum atomic E-state index is -4.74. The van der Waals surface area contributed by atoms with E-state index in [1.165, 1.54) is 14.0 Å². The zero-order chi connectivity index (χ0) is 11.0. The highest BCUT2D eigenvalue weighted by atomic mass is 19.4. The van der Waals surface area contributed by atoms with Crippen LogP contribution in [-0.4, -0.2) is 26.3 Å². The normalized spacial score (nSPS) is 16.7. The fraction of sp³-hybridized carbons (Fsp3) is 0.714. The van der Waals surface area contributed by atoms with Gasteiger partial charge in [0, 0.05) is 7.05 Å². The molecule has 0 radical (unpaired) electrons. The maximum atomic E-state index is 12.5. The quantitative estimate of drug-likeness (QED) is 0.789. The summed E-state index contributed by atoms with van der Waals surface area (Å²) in [4.78, 5) is 0. The molecule has 0 fully saturated rings. The van der Waals surface area contributed by atoms with Crippen molar-refractivity contribution in [1.82, 2.24) is 15.0 Å². The molecule has 0 saturated carbocycles. The Balaban J connectivity index is 3.14. The maximum absolute atomic E-state index is 12.5. The van der Waals surface area contributed by atoms with Gasteiger partial charge in [0.05, 0.1) is 6.20 Å². The van der Waals surface area contributed by atoms with Gasteiger partial charge in [-0.2, -0.15) is 13.2 Å². The second-order valence-electron chi connectivity index (χ2n) is 2.99. The summed E-state index contributed by atoms with van der Waals surface area (Å²) in [6, 6.07) is 0. The van der Waals surface area contributed by atoms with E-state index in [2.05, 4.69) is 10.3 Å². The standard InChI is InChI=1S/C7H10F3N3O/c1-3-6(14,7(8,9)10)5-4-13(2)12-11-5/h4,14H,3H2,1-2H3/t6-/m0/s1.